The third-order valence-electron chi connectivity index (χ3n) is 4.11. The molecule has 0 radical (unpaired) electrons. The van der Waals surface area contributed by atoms with Crippen molar-refractivity contribution in [1.29, 1.82) is 0 Å². The second-order valence-electron chi connectivity index (χ2n) is 5.47. The van der Waals surface area contributed by atoms with Crippen LogP contribution in [-0.2, 0) is 4.74 Å². The van der Waals surface area contributed by atoms with Crippen LogP contribution in [0.3, 0.4) is 0 Å². The zero-order chi connectivity index (χ0) is 11.1. The first kappa shape index (κ1) is 12.4. The van der Waals surface area contributed by atoms with Gasteiger partial charge < -0.3 is 10.1 Å². The molecule has 0 aromatic heterocycles. The average Bonchev–Trinajstić information content (AvgIpc) is 2.96. The second-order valence-corrected chi connectivity index (χ2v) is 5.47. The van der Waals surface area contributed by atoms with Gasteiger partial charge in [0.25, 0.3) is 0 Å². The molecule has 2 fully saturated rings. The fraction of sp³-hybridized carbons (Fsp3) is 1.00. The standard InChI is InChI=1S/C14H27NO/c1-2-6-13(5-1)7-3-10-15-11-9-14-8-4-12-16-14/h13-15H,1-12H2. The molecule has 2 rings (SSSR count). The van der Waals surface area contributed by atoms with Crippen LogP contribution < -0.4 is 5.32 Å². The van der Waals surface area contributed by atoms with Gasteiger partial charge in [0.1, 0.15) is 0 Å². The van der Waals surface area contributed by atoms with Crippen molar-refractivity contribution in [2.24, 2.45) is 5.92 Å². The van der Waals surface area contributed by atoms with Crippen molar-refractivity contribution >= 4 is 0 Å². The Morgan fingerprint density at radius 1 is 0.938 bits per heavy atom. The van der Waals surface area contributed by atoms with Gasteiger partial charge in [-0.2, -0.15) is 0 Å². The molecule has 0 aromatic carbocycles. The van der Waals surface area contributed by atoms with E-state index in [0.29, 0.717) is 6.10 Å². The van der Waals surface area contributed by atoms with Gasteiger partial charge in [0.05, 0.1) is 6.10 Å². The van der Waals surface area contributed by atoms with E-state index in [1.165, 1.54) is 64.3 Å². The Balaban J connectivity index is 1.37. The van der Waals surface area contributed by atoms with Crippen LogP contribution >= 0.6 is 0 Å². The summed E-state index contributed by atoms with van der Waals surface area (Å²) >= 11 is 0. The summed E-state index contributed by atoms with van der Waals surface area (Å²) in [5.74, 6) is 1.06. The molecule has 1 heterocycles. The van der Waals surface area contributed by atoms with E-state index >= 15 is 0 Å². The maximum atomic E-state index is 5.60. The topological polar surface area (TPSA) is 21.3 Å². The maximum absolute atomic E-state index is 5.60. The van der Waals surface area contributed by atoms with Crippen molar-refractivity contribution in [2.75, 3.05) is 19.7 Å². The van der Waals surface area contributed by atoms with Crippen LogP contribution in [0.15, 0.2) is 0 Å². The number of rotatable bonds is 7. The normalized spacial score (nSPS) is 26.6. The van der Waals surface area contributed by atoms with Crippen molar-refractivity contribution in [1.82, 2.24) is 5.32 Å². The molecule has 16 heavy (non-hydrogen) atoms. The molecule has 0 bridgehead atoms. The van der Waals surface area contributed by atoms with Crippen LogP contribution in [0.1, 0.15) is 57.8 Å². The highest BCUT2D eigenvalue weighted by molar-refractivity contribution is 4.68. The molecule has 1 aliphatic carbocycles. The van der Waals surface area contributed by atoms with Crippen LogP contribution in [0.5, 0.6) is 0 Å². The van der Waals surface area contributed by atoms with Gasteiger partial charge >= 0.3 is 0 Å². The molecule has 1 N–H and O–H groups in total. The van der Waals surface area contributed by atoms with Gasteiger partial charge in [-0.05, 0) is 51.1 Å². The fourth-order valence-corrected chi connectivity index (χ4v) is 3.07. The van der Waals surface area contributed by atoms with Gasteiger partial charge in [-0.15, -0.1) is 0 Å². The van der Waals surface area contributed by atoms with E-state index in [4.69, 9.17) is 4.74 Å². The molecular formula is C14H27NO. The molecule has 1 unspecified atom stereocenters. The number of nitrogens with one attached hydrogen (secondary N) is 1. The minimum atomic E-state index is 0.558. The lowest BCUT2D eigenvalue weighted by Crippen LogP contribution is -2.21. The van der Waals surface area contributed by atoms with Gasteiger partial charge in [0.2, 0.25) is 0 Å². The lowest BCUT2D eigenvalue weighted by Gasteiger charge is -2.11. The molecule has 0 spiro atoms. The number of hydrogen-bond donors (Lipinski definition) is 1. The average molecular weight is 225 g/mol. The molecular weight excluding hydrogens is 198 g/mol. The van der Waals surface area contributed by atoms with E-state index in [9.17, 15) is 0 Å². The van der Waals surface area contributed by atoms with Gasteiger partial charge in [-0.25, -0.2) is 0 Å². The van der Waals surface area contributed by atoms with Crippen molar-refractivity contribution < 1.29 is 4.74 Å². The Kier molecular flexibility index (Phi) is 5.64. The molecule has 1 saturated heterocycles. The van der Waals surface area contributed by atoms with E-state index in [-0.39, 0.29) is 0 Å². The summed E-state index contributed by atoms with van der Waals surface area (Å²) in [6, 6.07) is 0. The Morgan fingerprint density at radius 2 is 1.81 bits per heavy atom. The van der Waals surface area contributed by atoms with E-state index < -0.39 is 0 Å². The summed E-state index contributed by atoms with van der Waals surface area (Å²) in [4.78, 5) is 0. The third-order valence-corrected chi connectivity index (χ3v) is 4.11. The molecule has 1 atom stereocenters. The zero-order valence-electron chi connectivity index (χ0n) is 10.5. The minimum Gasteiger partial charge on any atom is -0.378 e. The quantitative estimate of drug-likeness (QED) is 0.672. The summed E-state index contributed by atoms with van der Waals surface area (Å²) in [6.45, 7) is 3.35. The summed E-state index contributed by atoms with van der Waals surface area (Å²) in [7, 11) is 0. The molecule has 2 nitrogen and oxygen atoms in total. The Hall–Kier alpha value is -0.0800. The van der Waals surface area contributed by atoms with Gasteiger partial charge in [-0.3, -0.25) is 0 Å². The first-order chi connectivity index (χ1) is 7.95. The SMILES string of the molecule is C1CCC(CCCNCCC2CCCO2)C1. The summed E-state index contributed by atoms with van der Waals surface area (Å²) in [5, 5.41) is 3.56. The van der Waals surface area contributed by atoms with Crippen LogP contribution in [0.4, 0.5) is 0 Å². The smallest absolute Gasteiger partial charge is 0.0588 e. The first-order valence-corrected chi connectivity index (χ1v) is 7.27. The monoisotopic (exact) mass is 225 g/mol. The van der Waals surface area contributed by atoms with Crippen LogP contribution in [0, 0.1) is 5.92 Å². The predicted molar refractivity (Wildman–Crippen MR) is 67.7 cm³/mol. The van der Waals surface area contributed by atoms with Crippen LogP contribution in [-0.4, -0.2) is 25.8 Å². The molecule has 1 saturated carbocycles. The van der Waals surface area contributed by atoms with Crippen molar-refractivity contribution in [3.05, 3.63) is 0 Å². The molecule has 94 valence electrons. The lowest BCUT2D eigenvalue weighted by atomic mass is 10.0. The molecule has 2 heteroatoms. The number of hydrogen-bond acceptors (Lipinski definition) is 2. The predicted octanol–water partition coefficient (Wildman–Crippen LogP) is 3.12. The second kappa shape index (κ2) is 7.29. The zero-order valence-corrected chi connectivity index (χ0v) is 10.5. The lowest BCUT2D eigenvalue weighted by molar-refractivity contribution is 0.104. The summed E-state index contributed by atoms with van der Waals surface area (Å²) in [6.07, 6.45) is 13.1. The highest BCUT2D eigenvalue weighted by Crippen LogP contribution is 2.28. The van der Waals surface area contributed by atoms with E-state index in [1.807, 2.05) is 0 Å². The van der Waals surface area contributed by atoms with Gasteiger partial charge in [0, 0.05) is 6.61 Å². The van der Waals surface area contributed by atoms with E-state index in [1.54, 1.807) is 0 Å². The Bertz CT molecular complexity index is 152. The van der Waals surface area contributed by atoms with Crippen LogP contribution in [0.2, 0.25) is 0 Å². The van der Waals surface area contributed by atoms with Gasteiger partial charge in [-0.1, -0.05) is 25.7 Å². The Morgan fingerprint density at radius 3 is 2.56 bits per heavy atom. The number of ether oxygens (including phenoxy) is 1. The summed E-state index contributed by atoms with van der Waals surface area (Å²) in [5.41, 5.74) is 0. The van der Waals surface area contributed by atoms with E-state index in [2.05, 4.69) is 5.32 Å². The third kappa shape index (κ3) is 4.42. The highest BCUT2D eigenvalue weighted by Gasteiger charge is 2.15. The maximum Gasteiger partial charge on any atom is 0.0588 e. The van der Waals surface area contributed by atoms with Crippen molar-refractivity contribution in [3.8, 4) is 0 Å². The van der Waals surface area contributed by atoms with E-state index in [0.717, 1.165) is 19.1 Å². The first-order valence-electron chi connectivity index (χ1n) is 7.27. The van der Waals surface area contributed by atoms with Crippen LogP contribution in [0.25, 0.3) is 0 Å². The highest BCUT2D eigenvalue weighted by atomic mass is 16.5. The summed E-state index contributed by atoms with van der Waals surface area (Å²) < 4.78 is 5.60. The molecule has 0 amide bonds. The minimum absolute atomic E-state index is 0.558. The molecule has 2 aliphatic rings. The van der Waals surface area contributed by atoms with Crippen molar-refractivity contribution in [3.63, 3.8) is 0 Å². The fourth-order valence-electron chi connectivity index (χ4n) is 3.07. The largest absolute Gasteiger partial charge is 0.378 e. The molecule has 0 aromatic rings. The Labute approximate surface area is 100 Å². The molecule has 1 aliphatic heterocycles. The van der Waals surface area contributed by atoms with Crippen molar-refractivity contribution in [2.45, 2.75) is 63.9 Å². The van der Waals surface area contributed by atoms with Gasteiger partial charge in [0.15, 0.2) is 0 Å².